The Morgan fingerprint density at radius 2 is 1.59 bits per heavy atom. The predicted octanol–water partition coefficient (Wildman–Crippen LogP) is 2.48. The van der Waals surface area contributed by atoms with E-state index in [1.165, 1.54) is 0 Å². The fraction of sp³-hybridized carbons (Fsp3) is 0.286. The van der Waals surface area contributed by atoms with Crippen LogP contribution in [0, 0.1) is 13.8 Å². The molecule has 6 heteroatoms. The number of ether oxygens (including phenoxy) is 1. The molecule has 0 aromatic heterocycles. The third-order valence-corrected chi connectivity index (χ3v) is 4.46. The van der Waals surface area contributed by atoms with Gasteiger partial charge in [-0.05, 0) is 56.2 Å². The van der Waals surface area contributed by atoms with Gasteiger partial charge in [-0.1, -0.05) is 18.2 Å². The maximum Gasteiger partial charge on any atom is 0.262 e. The first kappa shape index (κ1) is 18.6. The largest absolute Gasteiger partial charge is 0.492 e. The summed E-state index contributed by atoms with van der Waals surface area (Å²) in [6.45, 7) is 6.10. The summed E-state index contributed by atoms with van der Waals surface area (Å²) in [6, 6.07) is 11.6. The van der Waals surface area contributed by atoms with Crippen LogP contribution < -0.4 is 10.1 Å². The molecule has 0 aliphatic carbocycles. The highest BCUT2D eigenvalue weighted by atomic mass is 16.5. The lowest BCUT2D eigenvalue weighted by Crippen LogP contribution is -2.48. The first-order valence-corrected chi connectivity index (χ1v) is 8.84. The number of hydrogen-bond acceptors (Lipinski definition) is 4. The van der Waals surface area contributed by atoms with Crippen molar-refractivity contribution in [1.29, 1.82) is 0 Å². The van der Waals surface area contributed by atoms with Crippen molar-refractivity contribution in [3.05, 3.63) is 64.7 Å². The summed E-state index contributed by atoms with van der Waals surface area (Å²) in [5, 5.41) is 2.72. The second-order valence-corrected chi connectivity index (χ2v) is 6.66. The van der Waals surface area contributed by atoms with Crippen LogP contribution in [0.3, 0.4) is 0 Å². The normalized spacial score (nSPS) is 14.1. The van der Waals surface area contributed by atoms with Crippen molar-refractivity contribution in [3.63, 3.8) is 0 Å². The van der Waals surface area contributed by atoms with Crippen molar-refractivity contribution in [2.45, 2.75) is 26.8 Å². The zero-order valence-electron chi connectivity index (χ0n) is 15.6. The molecule has 1 heterocycles. The molecule has 2 aromatic rings. The van der Waals surface area contributed by atoms with Gasteiger partial charge in [0.05, 0.1) is 17.7 Å². The van der Waals surface area contributed by atoms with E-state index in [0.717, 1.165) is 21.8 Å². The minimum absolute atomic E-state index is 0.277. The zero-order valence-corrected chi connectivity index (χ0v) is 15.6. The molecule has 0 bridgehead atoms. The monoisotopic (exact) mass is 366 g/mol. The van der Waals surface area contributed by atoms with E-state index < -0.39 is 23.8 Å². The first-order chi connectivity index (χ1) is 12.9. The van der Waals surface area contributed by atoms with Gasteiger partial charge >= 0.3 is 0 Å². The van der Waals surface area contributed by atoms with E-state index in [1.807, 2.05) is 26.0 Å². The lowest BCUT2D eigenvalue weighted by molar-refractivity contribution is -0.124. The van der Waals surface area contributed by atoms with Crippen LogP contribution in [0.25, 0.3) is 0 Å². The van der Waals surface area contributed by atoms with Crippen molar-refractivity contribution in [2.24, 2.45) is 0 Å². The number of carbonyl (C=O) groups excluding carboxylic acids is 3. The van der Waals surface area contributed by atoms with E-state index in [4.69, 9.17) is 4.74 Å². The summed E-state index contributed by atoms with van der Waals surface area (Å²) in [7, 11) is 0. The minimum Gasteiger partial charge on any atom is -0.492 e. The molecule has 3 amide bonds. The number of nitrogens with zero attached hydrogens (tertiary/aromatic N) is 1. The van der Waals surface area contributed by atoms with Crippen LogP contribution in [0.2, 0.25) is 0 Å². The van der Waals surface area contributed by atoms with Crippen molar-refractivity contribution in [3.8, 4) is 5.75 Å². The third kappa shape index (κ3) is 3.84. The molecule has 140 valence electrons. The highest BCUT2D eigenvalue weighted by molar-refractivity contribution is 6.22. The Morgan fingerprint density at radius 3 is 2.15 bits per heavy atom. The Kier molecular flexibility index (Phi) is 5.26. The van der Waals surface area contributed by atoms with Crippen LogP contribution in [-0.2, 0) is 4.79 Å². The standard InChI is InChI=1S/C21H22N2O4/c1-13-10-14(2)12-16(11-13)27-9-8-22-19(24)15(3)23-20(25)17-6-4-5-7-18(17)21(23)26/h4-7,10-12,15H,8-9H2,1-3H3,(H,22,24)/t15-/m1/s1. The lowest BCUT2D eigenvalue weighted by atomic mass is 10.1. The molecule has 3 rings (SSSR count). The maximum absolute atomic E-state index is 12.4. The summed E-state index contributed by atoms with van der Waals surface area (Å²) < 4.78 is 5.65. The van der Waals surface area contributed by atoms with Gasteiger partial charge in [-0.25, -0.2) is 0 Å². The molecule has 0 saturated heterocycles. The first-order valence-electron chi connectivity index (χ1n) is 8.84. The van der Waals surface area contributed by atoms with Crippen molar-refractivity contribution in [1.82, 2.24) is 10.2 Å². The van der Waals surface area contributed by atoms with Crippen molar-refractivity contribution >= 4 is 17.7 Å². The average molecular weight is 366 g/mol. The number of amides is 3. The number of hydrogen-bond donors (Lipinski definition) is 1. The summed E-state index contributed by atoms with van der Waals surface area (Å²) in [6.07, 6.45) is 0. The SMILES string of the molecule is Cc1cc(C)cc(OCCNC(=O)[C@@H](C)N2C(=O)c3ccccc3C2=O)c1. The molecule has 1 atom stereocenters. The molecule has 2 aromatic carbocycles. The predicted molar refractivity (Wildman–Crippen MR) is 101 cm³/mol. The van der Waals surface area contributed by atoms with Crippen LogP contribution in [0.5, 0.6) is 5.75 Å². The second-order valence-electron chi connectivity index (χ2n) is 6.66. The van der Waals surface area contributed by atoms with Crippen molar-refractivity contribution in [2.75, 3.05) is 13.2 Å². The number of benzene rings is 2. The molecule has 0 spiro atoms. The number of imide groups is 1. The van der Waals surface area contributed by atoms with Gasteiger partial charge in [0.2, 0.25) is 5.91 Å². The summed E-state index contributed by atoms with van der Waals surface area (Å²) in [5.74, 6) is -0.529. The molecular weight excluding hydrogens is 344 g/mol. The summed E-state index contributed by atoms with van der Waals surface area (Å²) in [4.78, 5) is 38.2. The Hall–Kier alpha value is -3.15. The van der Waals surface area contributed by atoms with Crippen LogP contribution >= 0.6 is 0 Å². The average Bonchev–Trinajstić information content (AvgIpc) is 2.88. The van der Waals surface area contributed by atoms with E-state index in [9.17, 15) is 14.4 Å². The van der Waals surface area contributed by atoms with E-state index in [2.05, 4.69) is 11.4 Å². The minimum atomic E-state index is -0.890. The fourth-order valence-electron chi connectivity index (χ4n) is 3.18. The number of aryl methyl sites for hydroxylation is 2. The van der Waals surface area contributed by atoms with Gasteiger partial charge in [0, 0.05) is 0 Å². The molecule has 27 heavy (non-hydrogen) atoms. The second kappa shape index (κ2) is 7.61. The summed E-state index contributed by atoms with van der Waals surface area (Å²) in [5.41, 5.74) is 2.88. The number of fused-ring (bicyclic) bond motifs is 1. The van der Waals surface area contributed by atoms with Gasteiger partial charge in [0.15, 0.2) is 0 Å². The number of nitrogens with one attached hydrogen (secondary N) is 1. The van der Waals surface area contributed by atoms with Crippen LogP contribution in [0.4, 0.5) is 0 Å². The topological polar surface area (TPSA) is 75.7 Å². The van der Waals surface area contributed by atoms with Crippen LogP contribution in [-0.4, -0.2) is 41.8 Å². The van der Waals surface area contributed by atoms with Crippen LogP contribution in [0.1, 0.15) is 38.8 Å². The van der Waals surface area contributed by atoms with Gasteiger partial charge in [-0.2, -0.15) is 0 Å². The molecule has 0 unspecified atom stereocenters. The smallest absolute Gasteiger partial charge is 0.262 e. The highest BCUT2D eigenvalue weighted by Crippen LogP contribution is 2.24. The van der Waals surface area contributed by atoms with Gasteiger partial charge in [0.25, 0.3) is 11.8 Å². The van der Waals surface area contributed by atoms with E-state index >= 15 is 0 Å². The molecule has 1 aliphatic heterocycles. The Labute approximate surface area is 158 Å². The van der Waals surface area contributed by atoms with E-state index in [-0.39, 0.29) is 6.54 Å². The quantitative estimate of drug-likeness (QED) is 0.629. The Bertz CT molecular complexity index is 852. The molecule has 1 aliphatic rings. The maximum atomic E-state index is 12.4. The molecule has 0 radical (unpaired) electrons. The molecule has 0 fully saturated rings. The fourth-order valence-corrected chi connectivity index (χ4v) is 3.18. The third-order valence-electron chi connectivity index (χ3n) is 4.46. The van der Waals surface area contributed by atoms with E-state index in [0.29, 0.717) is 17.7 Å². The number of rotatable bonds is 6. The van der Waals surface area contributed by atoms with Crippen molar-refractivity contribution < 1.29 is 19.1 Å². The Morgan fingerprint density at radius 1 is 1.04 bits per heavy atom. The Balaban J connectivity index is 1.54. The molecule has 6 nitrogen and oxygen atoms in total. The van der Waals surface area contributed by atoms with Gasteiger partial charge in [-0.3, -0.25) is 19.3 Å². The molecular formula is C21H22N2O4. The highest BCUT2D eigenvalue weighted by Gasteiger charge is 2.40. The lowest BCUT2D eigenvalue weighted by Gasteiger charge is -2.21. The van der Waals surface area contributed by atoms with Gasteiger partial charge in [-0.15, -0.1) is 0 Å². The molecule has 1 N–H and O–H groups in total. The van der Waals surface area contributed by atoms with E-state index in [1.54, 1.807) is 31.2 Å². The van der Waals surface area contributed by atoms with Crippen LogP contribution in [0.15, 0.2) is 42.5 Å². The number of carbonyl (C=O) groups is 3. The van der Waals surface area contributed by atoms with Gasteiger partial charge < -0.3 is 10.1 Å². The molecule has 0 saturated carbocycles. The zero-order chi connectivity index (χ0) is 19.6. The summed E-state index contributed by atoms with van der Waals surface area (Å²) >= 11 is 0. The van der Waals surface area contributed by atoms with Gasteiger partial charge in [0.1, 0.15) is 18.4 Å².